The van der Waals surface area contributed by atoms with Crippen LogP contribution in [0, 0.1) is 5.92 Å². The second kappa shape index (κ2) is 34.7. The Bertz CT molecular complexity index is 894. The lowest BCUT2D eigenvalue weighted by molar-refractivity contribution is -0.145. The minimum Gasteiger partial charge on any atom is -0.467 e. The summed E-state index contributed by atoms with van der Waals surface area (Å²) in [6, 6.07) is -0.870. The molecule has 1 heterocycles. The van der Waals surface area contributed by atoms with Crippen molar-refractivity contribution in [1.82, 2.24) is 4.90 Å². The van der Waals surface area contributed by atoms with Crippen molar-refractivity contribution in [3.05, 3.63) is 48.6 Å². The van der Waals surface area contributed by atoms with Gasteiger partial charge < -0.3 is 15.2 Å². The predicted octanol–water partition coefficient (Wildman–Crippen LogP) is 12.7. The lowest BCUT2D eigenvalue weighted by Crippen LogP contribution is -2.42. The number of nitrogens with zero attached hydrogens (tertiary/aromatic N) is 1. The highest BCUT2D eigenvalue weighted by Crippen LogP contribution is 2.23. The van der Waals surface area contributed by atoms with Crippen molar-refractivity contribution >= 4 is 12.1 Å². The highest BCUT2D eigenvalue weighted by molar-refractivity contribution is 5.82. The van der Waals surface area contributed by atoms with Crippen LogP contribution in [0.4, 0.5) is 4.79 Å². The van der Waals surface area contributed by atoms with Gasteiger partial charge >= 0.3 is 12.1 Å². The average Bonchev–Trinajstić information content (AvgIpc) is 3.54. The van der Waals surface area contributed by atoms with Crippen molar-refractivity contribution in [2.75, 3.05) is 20.3 Å². The van der Waals surface area contributed by atoms with Gasteiger partial charge in [0, 0.05) is 12.6 Å². The highest BCUT2D eigenvalue weighted by Gasteiger charge is 2.40. The summed E-state index contributed by atoms with van der Waals surface area (Å²) in [6.07, 6.45) is 50.6. The molecule has 0 saturated carbocycles. The number of unbranched alkanes of at least 4 members (excludes halogenated alkanes) is 18. The molecular formula is C45H80N2O4. The van der Waals surface area contributed by atoms with E-state index in [0.717, 1.165) is 25.7 Å². The number of nitrogens with two attached hydrogens (primary N) is 1. The fourth-order valence-corrected chi connectivity index (χ4v) is 6.86. The van der Waals surface area contributed by atoms with E-state index in [1.807, 2.05) is 0 Å². The summed E-state index contributed by atoms with van der Waals surface area (Å²) in [5, 5.41) is 0. The Labute approximate surface area is 315 Å². The third kappa shape index (κ3) is 27.0. The molecule has 51 heavy (non-hydrogen) atoms. The molecule has 1 rings (SSSR count). The van der Waals surface area contributed by atoms with Gasteiger partial charge in [-0.25, -0.2) is 9.59 Å². The number of carbonyl (C=O) groups excluding carboxylic acids is 2. The third-order valence-electron chi connectivity index (χ3n) is 10.1. The van der Waals surface area contributed by atoms with Gasteiger partial charge in [-0.05, 0) is 89.4 Å². The normalized spacial score (nSPS) is 16.6. The predicted molar refractivity (Wildman–Crippen MR) is 218 cm³/mol. The molecule has 6 heteroatoms. The van der Waals surface area contributed by atoms with Crippen molar-refractivity contribution in [2.24, 2.45) is 11.7 Å². The Hall–Kier alpha value is -2.34. The molecule has 2 N–H and O–H groups in total. The molecular weight excluding hydrogens is 633 g/mol. The second-order valence-electron chi connectivity index (χ2n) is 14.9. The SMILES string of the molecule is CCCCC/C=C\C/C=C\CCCCCCCCC(CCCCCCCC/C=C\C/C=C\CCCCC)COC(=O)N1CC(N)CC1C(=O)OC. The molecule has 0 radical (unpaired) electrons. The molecule has 6 nitrogen and oxygen atoms in total. The van der Waals surface area contributed by atoms with E-state index in [1.54, 1.807) is 0 Å². The number of carbonyl (C=O) groups is 2. The van der Waals surface area contributed by atoms with E-state index >= 15 is 0 Å². The number of hydrogen-bond acceptors (Lipinski definition) is 5. The van der Waals surface area contributed by atoms with Crippen LogP contribution in [-0.2, 0) is 14.3 Å². The Morgan fingerprint density at radius 1 is 0.627 bits per heavy atom. The van der Waals surface area contributed by atoms with E-state index < -0.39 is 18.1 Å². The van der Waals surface area contributed by atoms with Gasteiger partial charge in [-0.2, -0.15) is 0 Å². The van der Waals surface area contributed by atoms with Crippen molar-refractivity contribution in [3.8, 4) is 0 Å². The zero-order valence-corrected chi connectivity index (χ0v) is 33.5. The zero-order valence-electron chi connectivity index (χ0n) is 33.5. The maximum atomic E-state index is 13.0. The van der Waals surface area contributed by atoms with Gasteiger partial charge in [-0.15, -0.1) is 0 Å². The fraction of sp³-hybridized carbons (Fsp3) is 0.778. The maximum absolute atomic E-state index is 13.0. The summed E-state index contributed by atoms with van der Waals surface area (Å²) in [4.78, 5) is 26.7. The molecule has 0 aromatic heterocycles. The highest BCUT2D eigenvalue weighted by atomic mass is 16.6. The quantitative estimate of drug-likeness (QED) is 0.0416. The van der Waals surface area contributed by atoms with E-state index in [0.29, 0.717) is 25.5 Å². The van der Waals surface area contributed by atoms with Crippen molar-refractivity contribution < 1.29 is 19.1 Å². The largest absolute Gasteiger partial charge is 0.467 e. The lowest BCUT2D eigenvalue weighted by atomic mass is 9.94. The average molecular weight is 713 g/mol. The number of likely N-dealkylation sites (tertiary alicyclic amines) is 1. The summed E-state index contributed by atoms with van der Waals surface area (Å²) in [6.45, 7) is 5.26. The Morgan fingerprint density at radius 2 is 1.04 bits per heavy atom. The van der Waals surface area contributed by atoms with Crippen LogP contribution >= 0.6 is 0 Å². The minimum absolute atomic E-state index is 0.228. The van der Waals surface area contributed by atoms with E-state index in [1.165, 1.54) is 153 Å². The van der Waals surface area contributed by atoms with Gasteiger partial charge in [0.25, 0.3) is 0 Å². The topological polar surface area (TPSA) is 81.9 Å². The smallest absolute Gasteiger partial charge is 0.410 e. The molecule has 1 amide bonds. The summed E-state index contributed by atoms with van der Waals surface area (Å²) in [7, 11) is 1.35. The monoisotopic (exact) mass is 713 g/mol. The van der Waals surface area contributed by atoms with Crippen LogP contribution in [0.1, 0.15) is 187 Å². The molecule has 0 aromatic rings. The number of amides is 1. The molecule has 2 unspecified atom stereocenters. The summed E-state index contributed by atoms with van der Waals surface area (Å²) < 4.78 is 10.7. The summed E-state index contributed by atoms with van der Waals surface area (Å²) in [5.74, 6) is -0.0578. The molecule has 1 aliphatic heterocycles. The van der Waals surface area contributed by atoms with Gasteiger partial charge in [0.05, 0.1) is 13.7 Å². The van der Waals surface area contributed by atoms with Crippen LogP contribution in [0.3, 0.4) is 0 Å². The van der Waals surface area contributed by atoms with Gasteiger partial charge in [0.1, 0.15) is 6.04 Å². The minimum atomic E-state index is -0.642. The Kier molecular flexibility index (Phi) is 31.8. The first kappa shape index (κ1) is 46.7. The lowest BCUT2D eigenvalue weighted by Gasteiger charge is -2.24. The number of allylic oxidation sites excluding steroid dienone is 8. The molecule has 1 fully saturated rings. The molecule has 1 saturated heterocycles. The standard InChI is InChI=1S/C45H80N2O4/c1-4-6-8-10-12-14-16-18-20-22-24-26-28-30-32-34-36-41(40-51-45(49)47-39-42(46)38-43(47)44(48)50-3)37-35-33-31-29-27-25-23-21-19-17-15-13-11-9-7-5-2/h12-15,18-21,41-43H,4-11,16-17,22-40,46H2,1-3H3/b14-12-,15-13-,20-18-,21-19-. The van der Waals surface area contributed by atoms with Gasteiger partial charge in [0.2, 0.25) is 0 Å². The number of rotatable bonds is 33. The Balaban J connectivity index is 2.31. The molecule has 0 aromatic carbocycles. The van der Waals surface area contributed by atoms with E-state index in [9.17, 15) is 9.59 Å². The van der Waals surface area contributed by atoms with E-state index in [2.05, 4.69) is 62.5 Å². The number of esters is 1. The first-order chi connectivity index (χ1) is 25.0. The van der Waals surface area contributed by atoms with Crippen molar-refractivity contribution in [3.63, 3.8) is 0 Å². The molecule has 0 bridgehead atoms. The molecule has 294 valence electrons. The van der Waals surface area contributed by atoms with Crippen LogP contribution in [-0.4, -0.2) is 49.3 Å². The number of hydrogen-bond donors (Lipinski definition) is 1. The van der Waals surface area contributed by atoms with Crippen LogP contribution in [0.15, 0.2) is 48.6 Å². The third-order valence-corrected chi connectivity index (χ3v) is 10.1. The van der Waals surface area contributed by atoms with Gasteiger partial charge in [0.15, 0.2) is 0 Å². The molecule has 1 aliphatic rings. The van der Waals surface area contributed by atoms with Crippen LogP contribution in [0.5, 0.6) is 0 Å². The summed E-state index contributed by atoms with van der Waals surface area (Å²) in [5.41, 5.74) is 6.08. The van der Waals surface area contributed by atoms with E-state index in [4.69, 9.17) is 15.2 Å². The van der Waals surface area contributed by atoms with Crippen molar-refractivity contribution in [1.29, 1.82) is 0 Å². The van der Waals surface area contributed by atoms with Gasteiger partial charge in [-0.3, -0.25) is 4.90 Å². The maximum Gasteiger partial charge on any atom is 0.410 e. The Morgan fingerprint density at radius 3 is 1.47 bits per heavy atom. The summed E-state index contributed by atoms with van der Waals surface area (Å²) >= 11 is 0. The first-order valence-corrected chi connectivity index (χ1v) is 21.4. The number of ether oxygens (including phenoxy) is 2. The van der Waals surface area contributed by atoms with Crippen LogP contribution in [0.2, 0.25) is 0 Å². The van der Waals surface area contributed by atoms with Gasteiger partial charge in [-0.1, -0.05) is 152 Å². The zero-order chi connectivity index (χ0) is 37.0. The van der Waals surface area contributed by atoms with Crippen molar-refractivity contribution in [2.45, 2.75) is 199 Å². The van der Waals surface area contributed by atoms with Crippen LogP contribution < -0.4 is 5.73 Å². The molecule has 0 aliphatic carbocycles. The van der Waals surface area contributed by atoms with Crippen LogP contribution in [0.25, 0.3) is 0 Å². The van der Waals surface area contributed by atoms with E-state index in [-0.39, 0.29) is 6.04 Å². The molecule has 0 spiro atoms. The first-order valence-electron chi connectivity index (χ1n) is 21.4. The number of methoxy groups -OCH3 is 1. The second-order valence-corrected chi connectivity index (χ2v) is 14.9. The fourth-order valence-electron chi connectivity index (χ4n) is 6.86. The molecule has 2 atom stereocenters.